The van der Waals surface area contributed by atoms with E-state index in [1.165, 1.54) is 0 Å². The first-order valence-corrected chi connectivity index (χ1v) is 4.44. The van der Waals surface area contributed by atoms with Gasteiger partial charge in [0.25, 0.3) is 0 Å². The molecule has 0 saturated heterocycles. The molecule has 0 saturated carbocycles. The van der Waals surface area contributed by atoms with Gasteiger partial charge < -0.3 is 21.3 Å². The monoisotopic (exact) mass is 204 g/mol. The minimum atomic E-state index is -1.10. The van der Waals surface area contributed by atoms with E-state index >= 15 is 0 Å². The maximum Gasteiger partial charge on any atom is 0.320 e. The summed E-state index contributed by atoms with van der Waals surface area (Å²) >= 11 is 0. The van der Waals surface area contributed by atoms with Crippen molar-refractivity contribution < 1.29 is 19.8 Å². The number of carbonyl (C=O) groups excluding carboxylic acids is 1. The standard InChI is InChI=1S/C8H16N2O4/c9-6(8(13)14)2-3-7(12)10-4-1-5-11/h6,11H,1-5,9H2,(H,10,12)(H,13,14). The first kappa shape index (κ1) is 12.9. The lowest BCUT2D eigenvalue weighted by Crippen LogP contribution is -2.33. The van der Waals surface area contributed by atoms with Crippen molar-refractivity contribution in [1.82, 2.24) is 5.32 Å². The number of aliphatic hydroxyl groups is 1. The van der Waals surface area contributed by atoms with Crippen molar-refractivity contribution in [2.75, 3.05) is 13.2 Å². The quantitative estimate of drug-likeness (QED) is 0.384. The number of carbonyl (C=O) groups is 2. The molecule has 0 aromatic carbocycles. The molecule has 1 atom stereocenters. The Kier molecular flexibility index (Phi) is 6.69. The predicted octanol–water partition coefficient (Wildman–Crippen LogP) is -1.32. The van der Waals surface area contributed by atoms with Gasteiger partial charge in [-0.15, -0.1) is 0 Å². The number of nitrogens with one attached hydrogen (secondary N) is 1. The Balaban J connectivity index is 3.48. The van der Waals surface area contributed by atoms with Crippen LogP contribution in [0, 0.1) is 0 Å². The summed E-state index contributed by atoms with van der Waals surface area (Å²) in [6.07, 6.45) is 0.718. The van der Waals surface area contributed by atoms with Gasteiger partial charge in [0.2, 0.25) is 5.91 Å². The van der Waals surface area contributed by atoms with Gasteiger partial charge in [0.1, 0.15) is 6.04 Å². The van der Waals surface area contributed by atoms with E-state index in [1.807, 2.05) is 0 Å². The molecule has 0 bridgehead atoms. The average Bonchev–Trinajstić information content (AvgIpc) is 2.14. The molecular weight excluding hydrogens is 188 g/mol. The van der Waals surface area contributed by atoms with Gasteiger partial charge in [0.05, 0.1) is 0 Å². The van der Waals surface area contributed by atoms with E-state index in [1.54, 1.807) is 0 Å². The summed E-state index contributed by atoms with van der Waals surface area (Å²) in [6.45, 7) is 0.423. The summed E-state index contributed by atoms with van der Waals surface area (Å²) in [7, 11) is 0. The van der Waals surface area contributed by atoms with E-state index in [-0.39, 0.29) is 25.4 Å². The van der Waals surface area contributed by atoms with E-state index in [2.05, 4.69) is 5.32 Å². The predicted molar refractivity (Wildman–Crippen MR) is 49.6 cm³/mol. The summed E-state index contributed by atoms with van der Waals surface area (Å²) in [5.74, 6) is -1.34. The molecule has 82 valence electrons. The third-order valence-corrected chi connectivity index (χ3v) is 1.66. The van der Waals surface area contributed by atoms with Crippen LogP contribution < -0.4 is 11.1 Å². The lowest BCUT2D eigenvalue weighted by atomic mass is 10.1. The van der Waals surface area contributed by atoms with Crippen LogP contribution in [-0.2, 0) is 9.59 Å². The first-order chi connectivity index (χ1) is 6.57. The number of rotatable bonds is 7. The van der Waals surface area contributed by atoms with E-state index in [9.17, 15) is 9.59 Å². The van der Waals surface area contributed by atoms with Gasteiger partial charge in [-0.25, -0.2) is 0 Å². The topological polar surface area (TPSA) is 113 Å². The number of hydrogen-bond acceptors (Lipinski definition) is 4. The summed E-state index contributed by atoms with van der Waals surface area (Å²) in [5, 5.41) is 19.4. The second-order valence-electron chi connectivity index (χ2n) is 2.91. The molecule has 0 aliphatic carbocycles. The maximum atomic E-state index is 11.0. The summed E-state index contributed by atoms with van der Waals surface area (Å²) in [4.78, 5) is 21.3. The van der Waals surface area contributed by atoms with Gasteiger partial charge in [-0.1, -0.05) is 0 Å². The zero-order valence-corrected chi connectivity index (χ0v) is 7.90. The van der Waals surface area contributed by atoms with E-state index < -0.39 is 12.0 Å². The molecule has 5 N–H and O–H groups in total. The van der Waals surface area contributed by atoms with Crippen LogP contribution in [0.4, 0.5) is 0 Å². The molecule has 0 aliphatic heterocycles. The fraction of sp³-hybridized carbons (Fsp3) is 0.750. The molecule has 0 aromatic heterocycles. The van der Waals surface area contributed by atoms with Gasteiger partial charge in [-0.3, -0.25) is 9.59 Å². The zero-order chi connectivity index (χ0) is 11.0. The molecule has 6 nitrogen and oxygen atoms in total. The number of nitrogens with two attached hydrogens (primary N) is 1. The van der Waals surface area contributed by atoms with Crippen molar-refractivity contribution in [2.45, 2.75) is 25.3 Å². The fourth-order valence-corrected chi connectivity index (χ4v) is 0.805. The normalized spacial score (nSPS) is 12.1. The molecule has 1 unspecified atom stereocenters. The molecule has 0 spiro atoms. The van der Waals surface area contributed by atoms with Crippen molar-refractivity contribution in [3.8, 4) is 0 Å². The van der Waals surface area contributed by atoms with Crippen LogP contribution in [0.2, 0.25) is 0 Å². The van der Waals surface area contributed by atoms with Gasteiger partial charge in [-0.2, -0.15) is 0 Å². The Morgan fingerprint density at radius 1 is 1.43 bits per heavy atom. The number of aliphatic hydroxyl groups excluding tert-OH is 1. The second kappa shape index (κ2) is 7.28. The highest BCUT2D eigenvalue weighted by atomic mass is 16.4. The van der Waals surface area contributed by atoms with Gasteiger partial charge >= 0.3 is 5.97 Å². The lowest BCUT2D eigenvalue weighted by molar-refractivity contribution is -0.138. The molecule has 0 radical (unpaired) electrons. The molecule has 0 rings (SSSR count). The maximum absolute atomic E-state index is 11.0. The minimum absolute atomic E-state index is 0.0227. The van der Waals surface area contributed by atoms with Crippen LogP contribution in [0.15, 0.2) is 0 Å². The lowest BCUT2D eigenvalue weighted by Gasteiger charge is -2.06. The van der Waals surface area contributed by atoms with Crippen LogP contribution >= 0.6 is 0 Å². The highest BCUT2D eigenvalue weighted by Gasteiger charge is 2.12. The molecule has 6 heteroatoms. The molecular formula is C8H16N2O4. The molecule has 0 aromatic rings. The highest BCUT2D eigenvalue weighted by Crippen LogP contribution is 1.94. The van der Waals surface area contributed by atoms with Crippen molar-refractivity contribution in [2.24, 2.45) is 5.73 Å². The second-order valence-corrected chi connectivity index (χ2v) is 2.91. The SMILES string of the molecule is NC(CCC(=O)NCCCO)C(=O)O. The summed E-state index contributed by atoms with van der Waals surface area (Å²) < 4.78 is 0. The highest BCUT2D eigenvalue weighted by molar-refractivity contribution is 5.78. The van der Waals surface area contributed by atoms with Gasteiger partial charge in [-0.05, 0) is 12.8 Å². The molecule has 1 amide bonds. The van der Waals surface area contributed by atoms with Crippen molar-refractivity contribution >= 4 is 11.9 Å². The Morgan fingerprint density at radius 3 is 2.57 bits per heavy atom. The van der Waals surface area contributed by atoms with Gasteiger partial charge in [0, 0.05) is 19.6 Å². The summed E-state index contributed by atoms with van der Waals surface area (Å²) in [5.41, 5.74) is 5.20. The Bertz CT molecular complexity index is 196. The first-order valence-electron chi connectivity index (χ1n) is 4.44. The van der Waals surface area contributed by atoms with Crippen LogP contribution in [0.1, 0.15) is 19.3 Å². The van der Waals surface area contributed by atoms with Crippen LogP contribution in [0.3, 0.4) is 0 Å². The molecule has 14 heavy (non-hydrogen) atoms. The number of carboxylic acids is 1. The Hall–Kier alpha value is -1.14. The number of aliphatic carboxylic acids is 1. The number of amides is 1. The molecule has 0 fully saturated rings. The third kappa shape index (κ3) is 6.38. The van der Waals surface area contributed by atoms with Gasteiger partial charge in [0.15, 0.2) is 0 Å². The number of carboxylic acid groups (broad SMARTS) is 1. The fourth-order valence-electron chi connectivity index (χ4n) is 0.805. The molecule has 0 heterocycles. The van der Waals surface area contributed by atoms with Crippen LogP contribution in [-0.4, -0.2) is 41.3 Å². The largest absolute Gasteiger partial charge is 0.480 e. The van der Waals surface area contributed by atoms with Crippen molar-refractivity contribution in [3.05, 3.63) is 0 Å². The van der Waals surface area contributed by atoms with Crippen molar-refractivity contribution in [1.29, 1.82) is 0 Å². The van der Waals surface area contributed by atoms with Crippen LogP contribution in [0.5, 0.6) is 0 Å². The Labute approximate surface area is 82.1 Å². The average molecular weight is 204 g/mol. The minimum Gasteiger partial charge on any atom is -0.480 e. The van der Waals surface area contributed by atoms with Crippen molar-refractivity contribution in [3.63, 3.8) is 0 Å². The van der Waals surface area contributed by atoms with E-state index in [0.29, 0.717) is 13.0 Å². The van der Waals surface area contributed by atoms with Crippen LogP contribution in [0.25, 0.3) is 0 Å². The van der Waals surface area contributed by atoms with E-state index in [0.717, 1.165) is 0 Å². The zero-order valence-electron chi connectivity index (χ0n) is 7.90. The third-order valence-electron chi connectivity index (χ3n) is 1.66. The Morgan fingerprint density at radius 2 is 2.07 bits per heavy atom. The summed E-state index contributed by atoms with van der Waals surface area (Å²) in [6, 6.07) is -0.987. The smallest absolute Gasteiger partial charge is 0.320 e. The molecule has 0 aliphatic rings. The van der Waals surface area contributed by atoms with E-state index in [4.69, 9.17) is 15.9 Å². The number of hydrogen-bond donors (Lipinski definition) is 4.